The van der Waals surface area contributed by atoms with Gasteiger partial charge in [-0.15, -0.1) is 0 Å². The van der Waals surface area contributed by atoms with Crippen LogP contribution < -0.4 is 4.74 Å². The first-order valence-corrected chi connectivity index (χ1v) is 11.4. The highest BCUT2D eigenvalue weighted by molar-refractivity contribution is 5.89. The van der Waals surface area contributed by atoms with Crippen molar-refractivity contribution in [3.05, 3.63) is 70.8 Å². The lowest BCUT2D eigenvalue weighted by atomic mass is 9.89. The predicted octanol–water partition coefficient (Wildman–Crippen LogP) is 7.93. The first kappa shape index (κ1) is 22.8. The lowest BCUT2D eigenvalue weighted by Crippen LogP contribution is -2.31. The molecule has 2 aromatic carbocycles. The molecule has 33 heavy (non-hydrogen) atoms. The largest absolute Gasteiger partial charge is 0.508 e. The van der Waals surface area contributed by atoms with Crippen LogP contribution in [0.4, 0.5) is 0 Å². The lowest BCUT2D eigenvalue weighted by Gasteiger charge is -2.33. The van der Waals surface area contributed by atoms with Crippen molar-refractivity contribution in [2.45, 2.75) is 59.5 Å². The van der Waals surface area contributed by atoms with Crippen molar-refractivity contribution in [1.29, 1.82) is 0 Å². The summed E-state index contributed by atoms with van der Waals surface area (Å²) < 4.78 is 12.6. The molecule has 2 N–H and O–H groups in total. The van der Waals surface area contributed by atoms with E-state index in [0.29, 0.717) is 23.5 Å². The molecule has 4 rings (SSSR count). The van der Waals surface area contributed by atoms with Crippen LogP contribution in [0.3, 0.4) is 0 Å². The van der Waals surface area contributed by atoms with E-state index in [1.54, 1.807) is 18.2 Å². The Bertz CT molecular complexity index is 1280. The fraction of sp³-hybridized carbons (Fsp3) is 0.310. The third-order valence-electron chi connectivity index (χ3n) is 6.02. The van der Waals surface area contributed by atoms with Crippen LogP contribution in [-0.2, 0) is 6.42 Å². The number of fused-ring (bicyclic) bond motifs is 2. The summed E-state index contributed by atoms with van der Waals surface area (Å²) in [5.41, 5.74) is 5.12. The Morgan fingerprint density at radius 3 is 2.48 bits per heavy atom. The highest BCUT2D eigenvalue weighted by Crippen LogP contribution is 2.46. The molecule has 1 aromatic heterocycles. The van der Waals surface area contributed by atoms with E-state index in [1.807, 2.05) is 26.0 Å². The van der Waals surface area contributed by atoms with Crippen molar-refractivity contribution >= 4 is 17.0 Å². The van der Waals surface area contributed by atoms with E-state index in [9.17, 15) is 10.2 Å². The fourth-order valence-electron chi connectivity index (χ4n) is 4.22. The van der Waals surface area contributed by atoms with Crippen LogP contribution in [0.15, 0.2) is 64.1 Å². The SMILES string of the molecule is CC(C)=CCC[C@]1(C)C=Cc2c(cc(O)c(CC=C(C)C)c2-c2cc3ccc(O)cc3o2)O1. The molecule has 4 nitrogen and oxygen atoms in total. The van der Waals surface area contributed by atoms with Crippen LogP contribution >= 0.6 is 0 Å². The average Bonchev–Trinajstić information content (AvgIpc) is 3.14. The maximum atomic E-state index is 11.0. The van der Waals surface area contributed by atoms with E-state index >= 15 is 0 Å². The lowest BCUT2D eigenvalue weighted by molar-refractivity contribution is 0.128. The zero-order valence-electron chi connectivity index (χ0n) is 20.0. The molecule has 3 aromatic rings. The van der Waals surface area contributed by atoms with Crippen LogP contribution in [0.25, 0.3) is 28.4 Å². The van der Waals surface area contributed by atoms with E-state index < -0.39 is 5.60 Å². The number of aromatic hydroxyl groups is 2. The second-order valence-corrected chi connectivity index (χ2v) is 9.55. The molecule has 2 heterocycles. The summed E-state index contributed by atoms with van der Waals surface area (Å²) in [7, 11) is 0. The molecular weight excluding hydrogens is 412 g/mol. The Labute approximate surface area is 195 Å². The van der Waals surface area contributed by atoms with Gasteiger partial charge < -0.3 is 19.4 Å². The van der Waals surface area contributed by atoms with Gasteiger partial charge in [0.15, 0.2) is 0 Å². The van der Waals surface area contributed by atoms with Crippen molar-refractivity contribution in [1.82, 2.24) is 0 Å². The minimum absolute atomic E-state index is 0.154. The van der Waals surface area contributed by atoms with Crippen LogP contribution in [0, 0.1) is 0 Å². The minimum atomic E-state index is -0.455. The van der Waals surface area contributed by atoms with Crippen LogP contribution in [-0.4, -0.2) is 15.8 Å². The number of ether oxygens (including phenoxy) is 1. The topological polar surface area (TPSA) is 62.8 Å². The van der Waals surface area contributed by atoms with E-state index in [4.69, 9.17) is 9.15 Å². The summed E-state index contributed by atoms with van der Waals surface area (Å²) in [6, 6.07) is 8.76. The number of phenols is 2. The second-order valence-electron chi connectivity index (χ2n) is 9.55. The van der Waals surface area contributed by atoms with Gasteiger partial charge in [0.1, 0.15) is 34.2 Å². The predicted molar refractivity (Wildman–Crippen MR) is 135 cm³/mol. The van der Waals surface area contributed by atoms with Gasteiger partial charge in [-0.3, -0.25) is 0 Å². The first-order chi connectivity index (χ1) is 15.6. The molecule has 172 valence electrons. The number of rotatable bonds is 6. The molecule has 0 unspecified atom stereocenters. The summed E-state index contributed by atoms with van der Waals surface area (Å²) in [4.78, 5) is 0. The Morgan fingerprint density at radius 1 is 1.00 bits per heavy atom. The molecule has 0 amide bonds. The van der Waals surface area contributed by atoms with Gasteiger partial charge in [-0.25, -0.2) is 0 Å². The van der Waals surface area contributed by atoms with E-state index in [-0.39, 0.29) is 11.5 Å². The maximum Gasteiger partial charge on any atom is 0.138 e. The molecule has 0 spiro atoms. The molecule has 0 radical (unpaired) electrons. The monoisotopic (exact) mass is 444 g/mol. The van der Waals surface area contributed by atoms with E-state index in [1.165, 1.54) is 11.1 Å². The van der Waals surface area contributed by atoms with Gasteiger partial charge in [-0.2, -0.15) is 0 Å². The van der Waals surface area contributed by atoms with Crippen molar-refractivity contribution in [2.75, 3.05) is 0 Å². The van der Waals surface area contributed by atoms with E-state index in [2.05, 4.69) is 45.1 Å². The standard InChI is InChI=1S/C29H32O4/c1-18(2)7-6-13-29(5)14-12-23-26(33-29)17-24(31)22(11-8-19(3)4)28(23)27-15-20-9-10-21(30)16-25(20)32-27/h7-10,12,14-17,30-31H,6,11,13H2,1-5H3/t29-/m1/s1. The molecule has 0 aliphatic carbocycles. The van der Waals surface area contributed by atoms with Gasteiger partial charge >= 0.3 is 0 Å². The van der Waals surface area contributed by atoms with Gasteiger partial charge in [0.25, 0.3) is 0 Å². The zero-order chi connectivity index (χ0) is 23.8. The fourth-order valence-corrected chi connectivity index (χ4v) is 4.22. The van der Waals surface area contributed by atoms with E-state index in [0.717, 1.165) is 34.9 Å². The number of phenolic OH excluding ortho intramolecular Hbond substituents is 2. The zero-order valence-corrected chi connectivity index (χ0v) is 20.0. The summed E-state index contributed by atoms with van der Waals surface area (Å²) in [5, 5.41) is 21.8. The number of hydrogen-bond donors (Lipinski definition) is 2. The molecule has 1 atom stereocenters. The minimum Gasteiger partial charge on any atom is -0.508 e. The van der Waals surface area contributed by atoms with Crippen molar-refractivity contribution in [3.8, 4) is 28.6 Å². The highest BCUT2D eigenvalue weighted by atomic mass is 16.5. The highest BCUT2D eigenvalue weighted by Gasteiger charge is 2.31. The van der Waals surface area contributed by atoms with Gasteiger partial charge in [0.05, 0.1) is 0 Å². The van der Waals surface area contributed by atoms with Crippen LogP contribution in [0.1, 0.15) is 58.6 Å². The third-order valence-corrected chi connectivity index (χ3v) is 6.02. The number of allylic oxidation sites excluding steroid dienone is 4. The molecule has 1 aliphatic rings. The number of furan rings is 1. The van der Waals surface area contributed by atoms with Gasteiger partial charge in [0, 0.05) is 34.2 Å². The smallest absolute Gasteiger partial charge is 0.138 e. The molecule has 0 bridgehead atoms. The molecule has 0 saturated carbocycles. The van der Waals surface area contributed by atoms with Crippen LogP contribution in [0.5, 0.6) is 17.2 Å². The summed E-state index contributed by atoms with van der Waals surface area (Å²) in [6.45, 7) is 10.4. The molecule has 0 fully saturated rings. The van der Waals surface area contributed by atoms with Gasteiger partial charge in [-0.05, 0) is 78.2 Å². The maximum absolute atomic E-state index is 11.0. The third kappa shape index (κ3) is 4.85. The summed E-state index contributed by atoms with van der Waals surface area (Å²) in [6.07, 6.45) is 10.8. The Kier molecular flexibility index (Phi) is 6.11. The average molecular weight is 445 g/mol. The van der Waals surface area contributed by atoms with Gasteiger partial charge in [0.2, 0.25) is 0 Å². The van der Waals surface area contributed by atoms with Crippen molar-refractivity contribution in [2.24, 2.45) is 0 Å². The molecule has 4 heteroatoms. The summed E-state index contributed by atoms with van der Waals surface area (Å²) in [5.74, 6) is 1.63. The molecular formula is C29H32O4. The Morgan fingerprint density at radius 2 is 1.76 bits per heavy atom. The Hall–Kier alpha value is -3.40. The second kappa shape index (κ2) is 8.86. The van der Waals surface area contributed by atoms with Crippen molar-refractivity contribution < 1.29 is 19.4 Å². The Balaban J connectivity index is 1.84. The quantitative estimate of drug-likeness (QED) is 0.379. The van der Waals surface area contributed by atoms with Crippen LogP contribution in [0.2, 0.25) is 0 Å². The number of benzene rings is 2. The first-order valence-electron chi connectivity index (χ1n) is 11.4. The summed E-state index contributed by atoms with van der Waals surface area (Å²) >= 11 is 0. The molecule has 1 aliphatic heterocycles. The normalized spacial score (nSPS) is 16.9. The molecule has 0 saturated heterocycles. The number of hydrogen-bond acceptors (Lipinski definition) is 4. The van der Waals surface area contributed by atoms with Crippen molar-refractivity contribution in [3.63, 3.8) is 0 Å². The van der Waals surface area contributed by atoms with Gasteiger partial charge in [-0.1, -0.05) is 29.4 Å².